The third-order valence-electron chi connectivity index (χ3n) is 2.97. The third kappa shape index (κ3) is 6.62. The summed E-state index contributed by atoms with van der Waals surface area (Å²) in [6, 6.07) is 15.5. The molecule has 24 heavy (non-hydrogen) atoms. The Kier molecular flexibility index (Phi) is 6.97. The number of urea groups is 1. The van der Waals surface area contributed by atoms with E-state index >= 15 is 0 Å². The van der Waals surface area contributed by atoms with Gasteiger partial charge in [-0.25, -0.2) is 19.1 Å². The Labute approximate surface area is 138 Å². The fourth-order valence-electron chi connectivity index (χ4n) is 1.88. The van der Waals surface area contributed by atoms with Gasteiger partial charge in [-0.05, 0) is 23.3 Å². The van der Waals surface area contributed by atoms with E-state index in [1.807, 2.05) is 30.3 Å². The van der Waals surface area contributed by atoms with Crippen molar-refractivity contribution in [3.05, 3.63) is 65.7 Å². The second-order valence-corrected chi connectivity index (χ2v) is 4.91. The van der Waals surface area contributed by atoms with Gasteiger partial charge in [0, 0.05) is 6.54 Å². The smallest absolute Gasteiger partial charge is 0.338 e. The van der Waals surface area contributed by atoms with E-state index in [1.54, 1.807) is 24.3 Å². The topological polar surface area (TPSA) is 59.6 Å². The summed E-state index contributed by atoms with van der Waals surface area (Å²) >= 11 is 0. The molecule has 7 heteroatoms. The standard InChI is InChI=1S/C17H18F2N2O3/c18-16(19)12-23-15-8-4-7-14(9-15)10-20-17(22)21-24-11-13-5-2-1-3-6-13/h1-9,16H,10-12H2,(H2,20,21,22). The number of ether oxygens (including phenoxy) is 1. The van der Waals surface area contributed by atoms with E-state index in [0.29, 0.717) is 5.75 Å². The van der Waals surface area contributed by atoms with Gasteiger partial charge in [0.2, 0.25) is 0 Å². The second-order valence-electron chi connectivity index (χ2n) is 4.91. The maximum Gasteiger partial charge on any atom is 0.338 e. The molecule has 0 aliphatic heterocycles. The van der Waals surface area contributed by atoms with Gasteiger partial charge in [-0.2, -0.15) is 0 Å². The van der Waals surface area contributed by atoms with Crippen LogP contribution in [0.2, 0.25) is 0 Å². The molecule has 2 rings (SSSR count). The van der Waals surface area contributed by atoms with E-state index in [9.17, 15) is 13.6 Å². The van der Waals surface area contributed by atoms with Crippen LogP contribution in [0.1, 0.15) is 11.1 Å². The zero-order valence-electron chi connectivity index (χ0n) is 12.9. The molecule has 2 amide bonds. The molecule has 5 nitrogen and oxygen atoms in total. The molecule has 128 valence electrons. The van der Waals surface area contributed by atoms with Crippen molar-refractivity contribution < 1.29 is 23.1 Å². The van der Waals surface area contributed by atoms with Crippen molar-refractivity contribution in [3.8, 4) is 5.75 Å². The van der Waals surface area contributed by atoms with Crippen molar-refractivity contribution in [2.45, 2.75) is 19.6 Å². The number of benzene rings is 2. The fourth-order valence-corrected chi connectivity index (χ4v) is 1.88. The molecule has 0 heterocycles. The van der Waals surface area contributed by atoms with Crippen LogP contribution >= 0.6 is 0 Å². The maximum absolute atomic E-state index is 12.1. The predicted molar refractivity (Wildman–Crippen MR) is 84.5 cm³/mol. The summed E-state index contributed by atoms with van der Waals surface area (Å²) < 4.78 is 29.1. The largest absolute Gasteiger partial charge is 0.488 e. The number of nitrogens with one attached hydrogen (secondary N) is 2. The van der Waals surface area contributed by atoms with Crippen molar-refractivity contribution in [2.24, 2.45) is 0 Å². The summed E-state index contributed by atoms with van der Waals surface area (Å²) in [5, 5.41) is 2.60. The first-order chi connectivity index (χ1) is 11.6. The highest BCUT2D eigenvalue weighted by Crippen LogP contribution is 2.14. The van der Waals surface area contributed by atoms with Crippen LogP contribution in [0.4, 0.5) is 13.6 Å². The molecule has 0 fully saturated rings. The molecule has 0 unspecified atom stereocenters. The number of carbonyl (C=O) groups excluding carboxylic acids is 1. The van der Waals surface area contributed by atoms with E-state index in [0.717, 1.165) is 11.1 Å². The highest BCUT2D eigenvalue weighted by Gasteiger charge is 2.05. The molecule has 0 radical (unpaired) electrons. The van der Waals surface area contributed by atoms with Crippen LogP contribution in [0.5, 0.6) is 5.75 Å². The molecule has 0 aliphatic carbocycles. The normalized spacial score (nSPS) is 10.5. The van der Waals surface area contributed by atoms with Crippen molar-refractivity contribution in [2.75, 3.05) is 6.61 Å². The fraction of sp³-hybridized carbons (Fsp3) is 0.235. The van der Waals surface area contributed by atoms with Crippen molar-refractivity contribution in [1.82, 2.24) is 10.8 Å². The van der Waals surface area contributed by atoms with Crippen LogP contribution < -0.4 is 15.5 Å². The van der Waals surface area contributed by atoms with E-state index in [2.05, 4.69) is 10.8 Å². The van der Waals surface area contributed by atoms with Crippen LogP contribution in [0.25, 0.3) is 0 Å². The molecule has 0 aliphatic rings. The number of halogens is 2. The first-order valence-corrected chi connectivity index (χ1v) is 7.33. The Balaban J connectivity index is 1.70. The summed E-state index contributed by atoms with van der Waals surface area (Å²) in [6.07, 6.45) is -2.53. The van der Waals surface area contributed by atoms with Crippen LogP contribution in [-0.4, -0.2) is 19.1 Å². The Hall–Kier alpha value is -2.67. The van der Waals surface area contributed by atoms with Gasteiger partial charge in [0.05, 0.1) is 6.61 Å². The molecule has 0 saturated heterocycles. The van der Waals surface area contributed by atoms with Gasteiger partial charge < -0.3 is 10.1 Å². The molecule has 2 aromatic rings. The maximum atomic E-state index is 12.1. The lowest BCUT2D eigenvalue weighted by atomic mass is 10.2. The molecule has 0 bridgehead atoms. The average molecular weight is 336 g/mol. The molecular formula is C17H18F2N2O3. The Morgan fingerprint density at radius 1 is 1.04 bits per heavy atom. The number of rotatable bonds is 8. The lowest BCUT2D eigenvalue weighted by molar-refractivity contribution is 0.0489. The molecule has 0 saturated carbocycles. The van der Waals surface area contributed by atoms with Gasteiger partial charge in [0.1, 0.15) is 12.4 Å². The zero-order valence-corrected chi connectivity index (χ0v) is 12.9. The lowest BCUT2D eigenvalue weighted by Crippen LogP contribution is -2.34. The van der Waals surface area contributed by atoms with Crippen molar-refractivity contribution in [1.29, 1.82) is 0 Å². The van der Waals surface area contributed by atoms with E-state index in [4.69, 9.17) is 9.57 Å². The van der Waals surface area contributed by atoms with Crippen LogP contribution in [-0.2, 0) is 18.0 Å². The number of alkyl halides is 2. The molecule has 0 aromatic heterocycles. The molecule has 2 aromatic carbocycles. The number of hydrogen-bond acceptors (Lipinski definition) is 3. The zero-order chi connectivity index (χ0) is 17.2. The first kappa shape index (κ1) is 17.7. The number of hydroxylamine groups is 1. The Morgan fingerprint density at radius 2 is 1.79 bits per heavy atom. The quantitative estimate of drug-likeness (QED) is 0.728. The minimum Gasteiger partial charge on any atom is -0.488 e. The minimum absolute atomic E-state index is 0.215. The monoisotopic (exact) mass is 336 g/mol. The Morgan fingerprint density at radius 3 is 2.54 bits per heavy atom. The highest BCUT2D eigenvalue weighted by molar-refractivity contribution is 5.72. The summed E-state index contributed by atoms with van der Waals surface area (Å²) in [7, 11) is 0. The number of carbonyl (C=O) groups is 1. The summed E-state index contributed by atoms with van der Waals surface area (Å²) in [4.78, 5) is 16.7. The number of amides is 2. The minimum atomic E-state index is -2.53. The van der Waals surface area contributed by atoms with Crippen molar-refractivity contribution >= 4 is 6.03 Å². The SMILES string of the molecule is O=C(NCc1cccc(OCC(F)F)c1)NOCc1ccccc1. The van der Waals surface area contributed by atoms with Gasteiger partial charge in [-0.1, -0.05) is 42.5 Å². The average Bonchev–Trinajstić information content (AvgIpc) is 2.59. The lowest BCUT2D eigenvalue weighted by Gasteiger charge is -2.10. The van der Waals surface area contributed by atoms with Crippen LogP contribution in [0, 0.1) is 0 Å². The molecular weight excluding hydrogens is 318 g/mol. The highest BCUT2D eigenvalue weighted by atomic mass is 19.3. The first-order valence-electron chi connectivity index (χ1n) is 7.33. The molecule has 0 spiro atoms. The molecule has 2 N–H and O–H groups in total. The second kappa shape index (κ2) is 9.46. The van der Waals surface area contributed by atoms with Gasteiger partial charge in [0.25, 0.3) is 6.43 Å². The summed E-state index contributed by atoms with van der Waals surface area (Å²) in [5.41, 5.74) is 3.93. The van der Waals surface area contributed by atoms with E-state index in [-0.39, 0.29) is 13.2 Å². The van der Waals surface area contributed by atoms with E-state index < -0.39 is 19.1 Å². The Bertz CT molecular complexity index is 639. The predicted octanol–water partition coefficient (Wildman–Crippen LogP) is 3.26. The molecule has 0 atom stereocenters. The summed E-state index contributed by atoms with van der Waals surface area (Å²) in [5.74, 6) is 0.329. The van der Waals surface area contributed by atoms with Gasteiger partial charge in [-0.3, -0.25) is 4.84 Å². The number of hydrogen-bond donors (Lipinski definition) is 2. The van der Waals surface area contributed by atoms with Gasteiger partial charge >= 0.3 is 6.03 Å². The van der Waals surface area contributed by atoms with Crippen molar-refractivity contribution in [3.63, 3.8) is 0 Å². The van der Waals surface area contributed by atoms with Crippen LogP contribution in [0.3, 0.4) is 0 Å². The van der Waals surface area contributed by atoms with Gasteiger partial charge in [0.15, 0.2) is 0 Å². The van der Waals surface area contributed by atoms with Gasteiger partial charge in [-0.15, -0.1) is 0 Å². The third-order valence-corrected chi connectivity index (χ3v) is 2.97. The van der Waals surface area contributed by atoms with E-state index in [1.165, 1.54) is 0 Å². The van der Waals surface area contributed by atoms with Crippen LogP contribution in [0.15, 0.2) is 54.6 Å². The summed E-state index contributed by atoms with van der Waals surface area (Å²) in [6.45, 7) is -0.192.